The van der Waals surface area contributed by atoms with Crippen LogP contribution in [0.1, 0.15) is 36.6 Å². The van der Waals surface area contributed by atoms with Gasteiger partial charge in [-0.25, -0.2) is 0 Å². The smallest absolute Gasteiger partial charge is 0.0591 e. The number of rotatable bonds is 7. The molecule has 1 aliphatic carbocycles. The van der Waals surface area contributed by atoms with E-state index >= 15 is 0 Å². The van der Waals surface area contributed by atoms with Crippen LogP contribution in [0.3, 0.4) is 0 Å². The van der Waals surface area contributed by atoms with Crippen molar-refractivity contribution >= 4 is 10.9 Å². The molecule has 0 radical (unpaired) electrons. The van der Waals surface area contributed by atoms with Gasteiger partial charge in [-0.2, -0.15) is 0 Å². The summed E-state index contributed by atoms with van der Waals surface area (Å²) in [6, 6.07) is 9.06. The number of aryl methyl sites for hydroxylation is 1. The molecule has 0 saturated heterocycles. The van der Waals surface area contributed by atoms with Crippen LogP contribution in [0.4, 0.5) is 0 Å². The van der Waals surface area contributed by atoms with Gasteiger partial charge in [0.15, 0.2) is 0 Å². The van der Waals surface area contributed by atoms with Crippen molar-refractivity contribution in [3.05, 3.63) is 48.2 Å². The second-order valence-corrected chi connectivity index (χ2v) is 5.65. The number of fused-ring (bicyclic) bond motifs is 3. The standard InChI is InChI=1S/C18H24N2O/c1-2-3-12-21-13-11-19-17-10-6-8-15-14-7-4-5-9-16(14)20-18(15)17/h2,4-5,7,9,17,19-20H,1,3,6,8,10-13H2. The van der Waals surface area contributed by atoms with Crippen molar-refractivity contribution in [3.8, 4) is 0 Å². The molecule has 1 atom stereocenters. The fourth-order valence-electron chi connectivity index (χ4n) is 3.19. The lowest BCUT2D eigenvalue weighted by Crippen LogP contribution is -2.28. The monoisotopic (exact) mass is 284 g/mol. The quantitative estimate of drug-likeness (QED) is 0.600. The molecule has 0 aliphatic heterocycles. The van der Waals surface area contributed by atoms with Crippen LogP contribution in [-0.2, 0) is 11.2 Å². The molecule has 3 nitrogen and oxygen atoms in total. The Hall–Kier alpha value is -1.58. The molecule has 0 spiro atoms. The third-order valence-electron chi connectivity index (χ3n) is 4.22. The van der Waals surface area contributed by atoms with Crippen LogP contribution in [0.5, 0.6) is 0 Å². The summed E-state index contributed by atoms with van der Waals surface area (Å²) in [5, 5.41) is 5.02. The Morgan fingerprint density at radius 2 is 2.24 bits per heavy atom. The highest BCUT2D eigenvalue weighted by atomic mass is 16.5. The molecule has 3 heteroatoms. The second-order valence-electron chi connectivity index (χ2n) is 5.65. The van der Waals surface area contributed by atoms with Gasteiger partial charge < -0.3 is 15.0 Å². The molecule has 3 rings (SSSR count). The number of hydrogen-bond acceptors (Lipinski definition) is 2. The Morgan fingerprint density at radius 1 is 1.33 bits per heavy atom. The zero-order chi connectivity index (χ0) is 14.5. The van der Waals surface area contributed by atoms with E-state index < -0.39 is 0 Å². The van der Waals surface area contributed by atoms with Gasteiger partial charge in [0, 0.05) is 29.2 Å². The largest absolute Gasteiger partial charge is 0.380 e. The Kier molecular flexibility index (Phi) is 4.73. The molecule has 0 amide bonds. The number of para-hydroxylation sites is 1. The maximum Gasteiger partial charge on any atom is 0.0591 e. The molecule has 1 heterocycles. The third kappa shape index (κ3) is 3.20. The van der Waals surface area contributed by atoms with Crippen molar-refractivity contribution in [1.82, 2.24) is 10.3 Å². The van der Waals surface area contributed by atoms with Crippen LogP contribution in [0.15, 0.2) is 36.9 Å². The number of aromatic amines is 1. The van der Waals surface area contributed by atoms with E-state index in [1.165, 1.54) is 41.4 Å². The average Bonchev–Trinajstić information content (AvgIpc) is 2.90. The highest BCUT2D eigenvalue weighted by Gasteiger charge is 2.23. The third-order valence-corrected chi connectivity index (χ3v) is 4.22. The van der Waals surface area contributed by atoms with Crippen molar-refractivity contribution in [3.63, 3.8) is 0 Å². The normalized spacial score (nSPS) is 17.8. The first-order chi connectivity index (χ1) is 10.4. The lowest BCUT2D eigenvalue weighted by atomic mass is 9.92. The van der Waals surface area contributed by atoms with Crippen LogP contribution in [0, 0.1) is 0 Å². The number of aromatic nitrogens is 1. The van der Waals surface area contributed by atoms with Crippen LogP contribution in [-0.4, -0.2) is 24.7 Å². The Balaban J connectivity index is 1.62. The minimum Gasteiger partial charge on any atom is -0.380 e. The molecular formula is C18H24N2O. The topological polar surface area (TPSA) is 37.0 Å². The summed E-state index contributed by atoms with van der Waals surface area (Å²) in [6.45, 7) is 6.13. The van der Waals surface area contributed by atoms with Gasteiger partial charge in [0.25, 0.3) is 0 Å². The summed E-state index contributed by atoms with van der Waals surface area (Å²) in [5.74, 6) is 0. The van der Waals surface area contributed by atoms with E-state index in [2.05, 4.69) is 41.1 Å². The summed E-state index contributed by atoms with van der Waals surface area (Å²) < 4.78 is 5.57. The van der Waals surface area contributed by atoms with Crippen molar-refractivity contribution in [2.24, 2.45) is 0 Å². The molecule has 2 N–H and O–H groups in total. The van der Waals surface area contributed by atoms with E-state index in [1.807, 2.05) is 6.08 Å². The first-order valence-corrected chi connectivity index (χ1v) is 7.91. The van der Waals surface area contributed by atoms with E-state index in [0.29, 0.717) is 6.04 Å². The average molecular weight is 284 g/mol. The van der Waals surface area contributed by atoms with Gasteiger partial charge in [0.1, 0.15) is 0 Å². The predicted octanol–water partition coefficient (Wildman–Crippen LogP) is 3.73. The van der Waals surface area contributed by atoms with Crippen LogP contribution in [0.25, 0.3) is 10.9 Å². The molecule has 0 bridgehead atoms. The van der Waals surface area contributed by atoms with E-state index in [9.17, 15) is 0 Å². The highest BCUT2D eigenvalue weighted by Crippen LogP contribution is 2.34. The minimum atomic E-state index is 0.434. The lowest BCUT2D eigenvalue weighted by Gasteiger charge is -2.24. The van der Waals surface area contributed by atoms with Crippen LogP contribution >= 0.6 is 0 Å². The highest BCUT2D eigenvalue weighted by molar-refractivity contribution is 5.85. The van der Waals surface area contributed by atoms with Gasteiger partial charge in [0.05, 0.1) is 13.2 Å². The number of benzene rings is 1. The van der Waals surface area contributed by atoms with Crippen molar-refractivity contribution < 1.29 is 4.74 Å². The molecule has 2 aromatic rings. The predicted molar refractivity (Wildman–Crippen MR) is 87.6 cm³/mol. The van der Waals surface area contributed by atoms with E-state index in [4.69, 9.17) is 4.74 Å². The second kappa shape index (κ2) is 6.92. The zero-order valence-electron chi connectivity index (χ0n) is 12.5. The molecule has 1 aromatic carbocycles. The van der Waals surface area contributed by atoms with Gasteiger partial charge in [-0.05, 0) is 37.3 Å². The molecule has 1 aromatic heterocycles. The molecule has 0 saturated carbocycles. The molecule has 0 fully saturated rings. The maximum atomic E-state index is 5.57. The molecule has 1 aliphatic rings. The van der Waals surface area contributed by atoms with Crippen LogP contribution in [0.2, 0.25) is 0 Å². The Morgan fingerprint density at radius 3 is 3.14 bits per heavy atom. The SMILES string of the molecule is C=CCCOCCNC1CCCc2c1[nH]c1ccccc21. The van der Waals surface area contributed by atoms with Crippen molar-refractivity contribution in [2.75, 3.05) is 19.8 Å². The van der Waals surface area contributed by atoms with Crippen LogP contribution < -0.4 is 5.32 Å². The summed E-state index contributed by atoms with van der Waals surface area (Å²) in [4.78, 5) is 3.61. The van der Waals surface area contributed by atoms with Gasteiger partial charge >= 0.3 is 0 Å². The Labute approximate surface area is 126 Å². The fourth-order valence-corrected chi connectivity index (χ4v) is 3.19. The van der Waals surface area contributed by atoms with Crippen molar-refractivity contribution in [1.29, 1.82) is 0 Å². The Bertz CT molecular complexity index is 602. The van der Waals surface area contributed by atoms with E-state index in [1.54, 1.807) is 0 Å². The number of nitrogens with one attached hydrogen (secondary N) is 2. The van der Waals surface area contributed by atoms with Gasteiger partial charge in [0.2, 0.25) is 0 Å². The number of hydrogen-bond donors (Lipinski definition) is 2. The first kappa shape index (κ1) is 14.4. The molecule has 21 heavy (non-hydrogen) atoms. The minimum absolute atomic E-state index is 0.434. The number of ether oxygens (including phenoxy) is 1. The molecule has 1 unspecified atom stereocenters. The van der Waals surface area contributed by atoms with Gasteiger partial charge in [-0.1, -0.05) is 24.3 Å². The zero-order valence-corrected chi connectivity index (χ0v) is 12.5. The van der Waals surface area contributed by atoms with Gasteiger partial charge in [-0.3, -0.25) is 0 Å². The maximum absolute atomic E-state index is 5.57. The van der Waals surface area contributed by atoms with E-state index in [-0.39, 0.29) is 0 Å². The van der Waals surface area contributed by atoms with E-state index in [0.717, 1.165) is 26.2 Å². The van der Waals surface area contributed by atoms with Crippen molar-refractivity contribution in [2.45, 2.75) is 31.7 Å². The summed E-state index contributed by atoms with van der Waals surface area (Å²) in [6.07, 6.45) is 6.46. The summed E-state index contributed by atoms with van der Waals surface area (Å²) in [7, 11) is 0. The number of H-pyrrole nitrogens is 1. The lowest BCUT2D eigenvalue weighted by molar-refractivity contribution is 0.137. The summed E-state index contributed by atoms with van der Waals surface area (Å²) in [5.41, 5.74) is 4.15. The summed E-state index contributed by atoms with van der Waals surface area (Å²) >= 11 is 0. The van der Waals surface area contributed by atoms with Gasteiger partial charge in [-0.15, -0.1) is 6.58 Å². The molecular weight excluding hydrogens is 260 g/mol. The first-order valence-electron chi connectivity index (χ1n) is 7.91. The fraction of sp³-hybridized carbons (Fsp3) is 0.444. The molecule has 112 valence electrons.